The molecule has 0 heterocycles. The first-order valence-electron chi connectivity index (χ1n) is 4.57. The van der Waals surface area contributed by atoms with E-state index in [1.54, 1.807) is 12.1 Å². The SMILES string of the molecule is CNCC(F)(F)c1ccc(C)c(C)c1. The predicted octanol–water partition coefficient (Wildman–Crippen LogP) is 2.61. The summed E-state index contributed by atoms with van der Waals surface area (Å²) in [4.78, 5) is 0. The first-order chi connectivity index (χ1) is 6.47. The van der Waals surface area contributed by atoms with Gasteiger partial charge in [0.25, 0.3) is 5.92 Å². The van der Waals surface area contributed by atoms with Gasteiger partial charge in [0.15, 0.2) is 0 Å². The van der Waals surface area contributed by atoms with Crippen LogP contribution in [0, 0.1) is 13.8 Å². The van der Waals surface area contributed by atoms with E-state index in [2.05, 4.69) is 5.32 Å². The fraction of sp³-hybridized carbons (Fsp3) is 0.455. The number of aryl methyl sites for hydroxylation is 2. The van der Waals surface area contributed by atoms with Gasteiger partial charge in [0.05, 0.1) is 6.54 Å². The van der Waals surface area contributed by atoms with Gasteiger partial charge >= 0.3 is 0 Å². The summed E-state index contributed by atoms with van der Waals surface area (Å²) in [5, 5.41) is 2.49. The Morgan fingerprint density at radius 1 is 1.21 bits per heavy atom. The Morgan fingerprint density at radius 3 is 2.36 bits per heavy atom. The van der Waals surface area contributed by atoms with Gasteiger partial charge in [-0.25, -0.2) is 0 Å². The lowest BCUT2D eigenvalue weighted by Gasteiger charge is -2.17. The van der Waals surface area contributed by atoms with Crippen LogP contribution in [0.5, 0.6) is 0 Å². The maximum absolute atomic E-state index is 13.4. The molecular weight excluding hydrogens is 184 g/mol. The number of nitrogens with one attached hydrogen (secondary N) is 1. The first kappa shape index (κ1) is 11.1. The largest absolute Gasteiger partial charge is 0.314 e. The van der Waals surface area contributed by atoms with Gasteiger partial charge in [-0.3, -0.25) is 0 Å². The molecule has 0 aliphatic rings. The Balaban J connectivity index is 3.01. The van der Waals surface area contributed by atoms with E-state index in [4.69, 9.17) is 0 Å². The lowest BCUT2D eigenvalue weighted by molar-refractivity contribution is -0.00131. The molecule has 0 aliphatic carbocycles. The number of alkyl halides is 2. The molecule has 0 aliphatic heterocycles. The van der Waals surface area contributed by atoms with E-state index in [0.717, 1.165) is 11.1 Å². The highest BCUT2D eigenvalue weighted by Gasteiger charge is 2.30. The third kappa shape index (κ3) is 2.29. The standard InChI is InChI=1S/C11H15F2N/c1-8-4-5-10(6-9(8)2)11(12,13)7-14-3/h4-6,14H,7H2,1-3H3. The van der Waals surface area contributed by atoms with Gasteiger partial charge in [0, 0.05) is 5.56 Å². The molecule has 0 saturated heterocycles. The number of benzene rings is 1. The Hall–Kier alpha value is -0.960. The molecule has 1 N–H and O–H groups in total. The van der Waals surface area contributed by atoms with Crippen LogP contribution in [0.1, 0.15) is 16.7 Å². The predicted molar refractivity (Wildman–Crippen MR) is 53.7 cm³/mol. The molecule has 0 bridgehead atoms. The average molecular weight is 199 g/mol. The van der Waals surface area contributed by atoms with Gasteiger partial charge in [-0.05, 0) is 38.1 Å². The van der Waals surface area contributed by atoms with Crippen LogP contribution < -0.4 is 5.32 Å². The van der Waals surface area contributed by atoms with Crippen molar-refractivity contribution in [1.29, 1.82) is 0 Å². The summed E-state index contributed by atoms with van der Waals surface area (Å²) >= 11 is 0. The zero-order chi connectivity index (χ0) is 10.8. The third-order valence-corrected chi connectivity index (χ3v) is 2.33. The fourth-order valence-electron chi connectivity index (χ4n) is 1.29. The molecule has 0 saturated carbocycles. The summed E-state index contributed by atoms with van der Waals surface area (Å²) in [5.41, 5.74) is 2.02. The van der Waals surface area contributed by atoms with E-state index >= 15 is 0 Å². The molecule has 0 aromatic heterocycles. The number of likely N-dealkylation sites (N-methyl/N-ethyl adjacent to an activating group) is 1. The molecule has 1 nitrogen and oxygen atoms in total. The molecule has 1 rings (SSSR count). The summed E-state index contributed by atoms with van der Waals surface area (Å²) in [6.45, 7) is 3.43. The van der Waals surface area contributed by atoms with Crippen molar-refractivity contribution >= 4 is 0 Å². The molecule has 0 amide bonds. The second kappa shape index (κ2) is 4.05. The maximum atomic E-state index is 13.4. The van der Waals surface area contributed by atoms with Crippen LogP contribution >= 0.6 is 0 Å². The highest BCUT2D eigenvalue weighted by atomic mass is 19.3. The Morgan fingerprint density at radius 2 is 1.86 bits per heavy atom. The second-order valence-corrected chi connectivity index (χ2v) is 3.53. The molecular formula is C11H15F2N. The van der Waals surface area contributed by atoms with Crippen molar-refractivity contribution in [2.45, 2.75) is 19.8 Å². The minimum Gasteiger partial charge on any atom is -0.314 e. The number of hydrogen-bond acceptors (Lipinski definition) is 1. The van der Waals surface area contributed by atoms with E-state index in [1.165, 1.54) is 13.1 Å². The Bertz CT molecular complexity index is 321. The van der Waals surface area contributed by atoms with Crippen LogP contribution in [0.15, 0.2) is 18.2 Å². The fourth-order valence-corrected chi connectivity index (χ4v) is 1.29. The summed E-state index contributed by atoms with van der Waals surface area (Å²) in [7, 11) is 1.52. The number of halogens is 2. The van der Waals surface area contributed by atoms with Gasteiger partial charge in [0.2, 0.25) is 0 Å². The van der Waals surface area contributed by atoms with Crippen molar-refractivity contribution in [2.75, 3.05) is 13.6 Å². The van der Waals surface area contributed by atoms with Gasteiger partial charge in [-0.1, -0.05) is 12.1 Å². The molecule has 1 aromatic rings. The summed E-state index contributed by atoms with van der Waals surface area (Å²) < 4.78 is 26.8. The topological polar surface area (TPSA) is 12.0 Å². The molecule has 3 heteroatoms. The summed E-state index contributed by atoms with van der Waals surface area (Å²) in [6, 6.07) is 4.76. The van der Waals surface area contributed by atoms with Crippen LogP contribution in [-0.4, -0.2) is 13.6 Å². The normalized spacial score (nSPS) is 11.8. The number of hydrogen-bond donors (Lipinski definition) is 1. The van der Waals surface area contributed by atoms with Crippen molar-refractivity contribution in [3.8, 4) is 0 Å². The van der Waals surface area contributed by atoms with Crippen LogP contribution in [-0.2, 0) is 5.92 Å². The monoisotopic (exact) mass is 199 g/mol. The highest BCUT2D eigenvalue weighted by molar-refractivity contribution is 5.32. The molecule has 0 radical (unpaired) electrons. The molecule has 0 fully saturated rings. The molecule has 78 valence electrons. The highest BCUT2D eigenvalue weighted by Crippen LogP contribution is 2.28. The second-order valence-electron chi connectivity index (χ2n) is 3.53. The van der Waals surface area contributed by atoms with E-state index in [-0.39, 0.29) is 12.1 Å². The molecule has 0 unspecified atom stereocenters. The molecule has 1 aromatic carbocycles. The molecule has 0 spiro atoms. The molecule has 14 heavy (non-hydrogen) atoms. The van der Waals surface area contributed by atoms with Crippen molar-refractivity contribution in [1.82, 2.24) is 5.32 Å². The van der Waals surface area contributed by atoms with E-state index in [0.29, 0.717) is 0 Å². The third-order valence-electron chi connectivity index (χ3n) is 2.33. The van der Waals surface area contributed by atoms with E-state index in [1.807, 2.05) is 13.8 Å². The van der Waals surface area contributed by atoms with Crippen LogP contribution in [0.3, 0.4) is 0 Å². The maximum Gasteiger partial charge on any atom is 0.285 e. The van der Waals surface area contributed by atoms with Crippen LogP contribution in [0.2, 0.25) is 0 Å². The van der Waals surface area contributed by atoms with Gasteiger partial charge < -0.3 is 5.32 Å². The zero-order valence-electron chi connectivity index (χ0n) is 8.70. The zero-order valence-corrected chi connectivity index (χ0v) is 8.70. The average Bonchev–Trinajstić information content (AvgIpc) is 2.09. The summed E-state index contributed by atoms with van der Waals surface area (Å²) in [6.07, 6.45) is 0. The summed E-state index contributed by atoms with van der Waals surface area (Å²) in [5.74, 6) is -2.78. The Labute approximate surface area is 83.1 Å². The van der Waals surface area contributed by atoms with Crippen molar-refractivity contribution in [2.24, 2.45) is 0 Å². The quantitative estimate of drug-likeness (QED) is 0.789. The smallest absolute Gasteiger partial charge is 0.285 e. The van der Waals surface area contributed by atoms with Crippen LogP contribution in [0.4, 0.5) is 8.78 Å². The molecule has 0 atom stereocenters. The number of rotatable bonds is 3. The lowest BCUT2D eigenvalue weighted by atomic mass is 10.0. The minimum atomic E-state index is -2.78. The van der Waals surface area contributed by atoms with Gasteiger partial charge in [-0.15, -0.1) is 0 Å². The minimum absolute atomic E-state index is 0.0787. The van der Waals surface area contributed by atoms with E-state index < -0.39 is 5.92 Å². The Kier molecular flexibility index (Phi) is 3.21. The first-order valence-corrected chi connectivity index (χ1v) is 4.57. The van der Waals surface area contributed by atoms with Crippen molar-refractivity contribution < 1.29 is 8.78 Å². The van der Waals surface area contributed by atoms with Crippen LogP contribution in [0.25, 0.3) is 0 Å². The van der Waals surface area contributed by atoms with E-state index in [9.17, 15) is 8.78 Å². The van der Waals surface area contributed by atoms with Crippen molar-refractivity contribution in [3.05, 3.63) is 34.9 Å². The van der Waals surface area contributed by atoms with Gasteiger partial charge in [0.1, 0.15) is 0 Å². The lowest BCUT2D eigenvalue weighted by Crippen LogP contribution is -2.28. The van der Waals surface area contributed by atoms with Gasteiger partial charge in [-0.2, -0.15) is 8.78 Å². The van der Waals surface area contributed by atoms with Crippen molar-refractivity contribution in [3.63, 3.8) is 0 Å².